The molecule has 0 atom stereocenters. The van der Waals surface area contributed by atoms with Gasteiger partial charge in [0.1, 0.15) is 6.26 Å². The number of rotatable bonds is 2. The van der Waals surface area contributed by atoms with Crippen LogP contribution in [-0.2, 0) is 11.3 Å². The van der Waals surface area contributed by atoms with Crippen LogP contribution in [0.3, 0.4) is 0 Å². The zero-order valence-corrected chi connectivity index (χ0v) is 7.40. The molecule has 2 N–H and O–H groups in total. The normalized spacial score (nSPS) is 17.8. The lowest BCUT2D eigenvalue weighted by molar-refractivity contribution is 0.122. The van der Waals surface area contributed by atoms with E-state index in [2.05, 4.69) is 10.1 Å². The first kappa shape index (κ1) is 8.52. The summed E-state index contributed by atoms with van der Waals surface area (Å²) in [4.78, 5) is 2.13. The summed E-state index contributed by atoms with van der Waals surface area (Å²) in [7, 11) is 0. The Morgan fingerprint density at radius 1 is 1.46 bits per heavy atom. The van der Waals surface area contributed by atoms with E-state index < -0.39 is 0 Å². The fourth-order valence-corrected chi connectivity index (χ4v) is 1.43. The zero-order chi connectivity index (χ0) is 9.10. The highest BCUT2D eigenvalue weighted by Crippen LogP contribution is 2.18. The van der Waals surface area contributed by atoms with Crippen LogP contribution in [0.15, 0.2) is 10.8 Å². The van der Waals surface area contributed by atoms with Gasteiger partial charge in [0.15, 0.2) is 5.82 Å². The smallest absolute Gasteiger partial charge is 0.176 e. The van der Waals surface area contributed by atoms with E-state index in [1.165, 1.54) is 0 Å². The van der Waals surface area contributed by atoms with Crippen LogP contribution < -0.4 is 10.6 Å². The number of hydrogen-bond acceptors (Lipinski definition) is 5. The fourth-order valence-electron chi connectivity index (χ4n) is 1.43. The topological polar surface area (TPSA) is 64.5 Å². The fraction of sp³-hybridized carbons (Fsp3) is 0.625. The molecular formula is C8H13N3O2. The Morgan fingerprint density at radius 2 is 2.23 bits per heavy atom. The molecule has 1 aliphatic rings. The molecule has 0 aliphatic carbocycles. The molecule has 5 nitrogen and oxygen atoms in total. The van der Waals surface area contributed by atoms with Crippen molar-refractivity contribution in [2.24, 2.45) is 5.73 Å². The van der Waals surface area contributed by atoms with Crippen molar-refractivity contribution in [3.05, 3.63) is 11.8 Å². The van der Waals surface area contributed by atoms with E-state index in [4.69, 9.17) is 15.0 Å². The van der Waals surface area contributed by atoms with Crippen LogP contribution in [0, 0.1) is 0 Å². The van der Waals surface area contributed by atoms with Gasteiger partial charge in [-0.3, -0.25) is 0 Å². The molecule has 1 saturated heterocycles. The van der Waals surface area contributed by atoms with Crippen molar-refractivity contribution in [2.75, 3.05) is 31.2 Å². The maximum atomic E-state index is 5.54. The first-order valence-corrected chi connectivity index (χ1v) is 4.38. The summed E-state index contributed by atoms with van der Waals surface area (Å²) in [6.07, 6.45) is 1.60. The molecule has 0 radical (unpaired) electrons. The highest BCUT2D eigenvalue weighted by Gasteiger charge is 2.17. The SMILES string of the molecule is NCc1conc1N1CCOCC1. The maximum Gasteiger partial charge on any atom is 0.176 e. The Morgan fingerprint density at radius 3 is 2.92 bits per heavy atom. The van der Waals surface area contributed by atoms with Crippen molar-refractivity contribution in [1.82, 2.24) is 5.16 Å². The summed E-state index contributed by atoms with van der Waals surface area (Å²) < 4.78 is 10.1. The highest BCUT2D eigenvalue weighted by molar-refractivity contribution is 5.44. The molecule has 1 aromatic heterocycles. The second-order valence-electron chi connectivity index (χ2n) is 2.97. The molecule has 13 heavy (non-hydrogen) atoms. The van der Waals surface area contributed by atoms with Gasteiger partial charge in [0.2, 0.25) is 0 Å². The quantitative estimate of drug-likeness (QED) is 0.697. The van der Waals surface area contributed by atoms with Gasteiger partial charge in [-0.05, 0) is 0 Å². The van der Waals surface area contributed by atoms with Crippen LogP contribution in [0.5, 0.6) is 0 Å². The molecule has 1 aromatic rings. The van der Waals surface area contributed by atoms with E-state index >= 15 is 0 Å². The van der Waals surface area contributed by atoms with Crippen LogP contribution in [0.4, 0.5) is 5.82 Å². The second-order valence-corrected chi connectivity index (χ2v) is 2.97. The number of morpholine rings is 1. The van der Waals surface area contributed by atoms with Crippen molar-refractivity contribution in [2.45, 2.75) is 6.54 Å². The van der Waals surface area contributed by atoms with Gasteiger partial charge in [-0.2, -0.15) is 0 Å². The largest absolute Gasteiger partial charge is 0.378 e. The third-order valence-electron chi connectivity index (χ3n) is 2.15. The molecule has 5 heteroatoms. The molecule has 0 amide bonds. The maximum absolute atomic E-state index is 5.54. The van der Waals surface area contributed by atoms with E-state index in [0.717, 1.165) is 37.7 Å². The average Bonchev–Trinajstić information content (AvgIpc) is 2.67. The molecule has 2 rings (SSSR count). The first-order chi connectivity index (χ1) is 6.42. The summed E-state index contributed by atoms with van der Waals surface area (Å²) in [5.41, 5.74) is 6.50. The van der Waals surface area contributed by atoms with E-state index in [1.54, 1.807) is 6.26 Å². The number of nitrogens with zero attached hydrogens (tertiary/aromatic N) is 2. The van der Waals surface area contributed by atoms with Gasteiger partial charge in [-0.1, -0.05) is 5.16 Å². The van der Waals surface area contributed by atoms with Gasteiger partial charge in [-0.15, -0.1) is 0 Å². The Labute approximate surface area is 76.4 Å². The number of hydrogen-bond donors (Lipinski definition) is 1. The lowest BCUT2D eigenvalue weighted by atomic mass is 10.3. The van der Waals surface area contributed by atoms with Gasteiger partial charge in [0, 0.05) is 25.2 Å². The number of anilines is 1. The molecule has 0 saturated carbocycles. The molecule has 72 valence electrons. The Kier molecular flexibility index (Phi) is 2.47. The molecular weight excluding hydrogens is 170 g/mol. The Hall–Kier alpha value is -1.07. The standard InChI is InChI=1S/C8H13N3O2/c9-5-7-6-13-10-8(7)11-1-3-12-4-2-11/h6H,1-5,9H2. The molecule has 2 heterocycles. The molecule has 0 aromatic carbocycles. The predicted molar refractivity (Wildman–Crippen MR) is 47.4 cm³/mol. The van der Waals surface area contributed by atoms with Gasteiger partial charge in [-0.25, -0.2) is 0 Å². The zero-order valence-electron chi connectivity index (χ0n) is 7.40. The van der Waals surface area contributed by atoms with Crippen LogP contribution >= 0.6 is 0 Å². The number of ether oxygens (including phenoxy) is 1. The summed E-state index contributed by atoms with van der Waals surface area (Å²) in [6.45, 7) is 3.68. The Bertz CT molecular complexity index is 268. The lowest BCUT2D eigenvalue weighted by Crippen LogP contribution is -2.37. The molecule has 0 spiro atoms. The van der Waals surface area contributed by atoms with Crippen molar-refractivity contribution >= 4 is 5.82 Å². The minimum Gasteiger partial charge on any atom is -0.378 e. The molecule has 0 unspecified atom stereocenters. The minimum absolute atomic E-state index is 0.468. The van der Waals surface area contributed by atoms with Gasteiger partial charge in [0.05, 0.1) is 13.2 Å². The monoisotopic (exact) mass is 183 g/mol. The van der Waals surface area contributed by atoms with Crippen LogP contribution in [0.25, 0.3) is 0 Å². The summed E-state index contributed by atoms with van der Waals surface area (Å²) in [6, 6.07) is 0. The second kappa shape index (κ2) is 3.76. The van der Waals surface area contributed by atoms with Crippen LogP contribution in [0.2, 0.25) is 0 Å². The van der Waals surface area contributed by atoms with Gasteiger partial charge < -0.3 is 19.9 Å². The van der Waals surface area contributed by atoms with Crippen molar-refractivity contribution in [3.63, 3.8) is 0 Å². The van der Waals surface area contributed by atoms with Crippen LogP contribution in [-0.4, -0.2) is 31.5 Å². The summed E-state index contributed by atoms with van der Waals surface area (Å²) >= 11 is 0. The number of nitrogens with two attached hydrogens (primary N) is 1. The van der Waals surface area contributed by atoms with Crippen LogP contribution in [0.1, 0.15) is 5.56 Å². The third-order valence-corrected chi connectivity index (χ3v) is 2.15. The third kappa shape index (κ3) is 1.66. The first-order valence-electron chi connectivity index (χ1n) is 4.38. The Balaban J connectivity index is 2.13. The summed E-state index contributed by atoms with van der Waals surface area (Å²) in [5.74, 6) is 0.866. The molecule has 1 fully saturated rings. The summed E-state index contributed by atoms with van der Waals surface area (Å²) in [5, 5.41) is 3.93. The van der Waals surface area contributed by atoms with Gasteiger partial charge in [0.25, 0.3) is 0 Å². The van der Waals surface area contributed by atoms with Crippen molar-refractivity contribution in [1.29, 1.82) is 0 Å². The van der Waals surface area contributed by atoms with E-state index in [0.29, 0.717) is 6.54 Å². The van der Waals surface area contributed by atoms with E-state index in [1.807, 2.05) is 0 Å². The van der Waals surface area contributed by atoms with Crippen molar-refractivity contribution < 1.29 is 9.26 Å². The van der Waals surface area contributed by atoms with Crippen molar-refractivity contribution in [3.8, 4) is 0 Å². The molecule has 1 aliphatic heterocycles. The highest BCUT2D eigenvalue weighted by atomic mass is 16.5. The average molecular weight is 183 g/mol. The molecule has 0 bridgehead atoms. The van der Waals surface area contributed by atoms with E-state index in [9.17, 15) is 0 Å². The van der Waals surface area contributed by atoms with Gasteiger partial charge >= 0.3 is 0 Å². The van der Waals surface area contributed by atoms with E-state index in [-0.39, 0.29) is 0 Å². The predicted octanol–water partition coefficient (Wildman–Crippen LogP) is -0.0301. The number of aromatic nitrogens is 1. The lowest BCUT2D eigenvalue weighted by Gasteiger charge is -2.26. The minimum atomic E-state index is 0.468.